The van der Waals surface area contributed by atoms with Crippen LogP contribution in [0.5, 0.6) is 11.8 Å². The summed E-state index contributed by atoms with van der Waals surface area (Å²) in [5, 5.41) is 77.8. The van der Waals surface area contributed by atoms with Gasteiger partial charge >= 0.3 is 21.6 Å². The van der Waals surface area contributed by atoms with Crippen LogP contribution >= 0.6 is 0 Å². The van der Waals surface area contributed by atoms with Gasteiger partial charge in [-0.1, -0.05) is 102 Å². The molecule has 22 nitrogen and oxygen atoms in total. The molecule has 2 fully saturated rings. The fraction of sp³-hybridized carbons (Fsp3) is 0.407. The standard InChI is InChI=1S/2C17H14N4O6S.C12H23N.C8H19N.Cr/c2*1-10-15(19-18-14-5-3-2-4-13(14)17(23)24)16(22)21(20-10)11-6-8-12(9-7-11)28(25,26)27;1-3-7-11(8-4-1)13-12-9-5-2-6-10-12;1-3-5-7-9-8-6-4-2;/h2*2-9,22H,1H3,(H,23,24)(H,25,26,27);11-13H,1-10H2;9H,3-8H2,1-2H3;/q;;;;+3/p-3. The van der Waals surface area contributed by atoms with Crippen LogP contribution in [-0.2, 0) is 37.6 Å². The molecule has 2 aliphatic carbocycles. The monoisotopic (exact) mass is 1160 g/mol. The van der Waals surface area contributed by atoms with Gasteiger partial charge in [-0.2, -0.15) is 10.2 Å². The Balaban J connectivity index is 0.000000584. The molecule has 8 rings (SSSR count). The zero-order chi connectivity index (χ0) is 56.8. The van der Waals surface area contributed by atoms with Crippen molar-refractivity contribution in [3.05, 3.63) is 120 Å². The Morgan fingerprint density at radius 1 is 0.570 bits per heavy atom. The second-order valence-corrected chi connectivity index (χ2v) is 21.3. The summed E-state index contributed by atoms with van der Waals surface area (Å²) in [6, 6.07) is 22.5. The Morgan fingerprint density at radius 3 is 1.23 bits per heavy atom. The Hall–Kier alpha value is -6.69. The summed E-state index contributed by atoms with van der Waals surface area (Å²) in [4.78, 5) is 21.3. The summed E-state index contributed by atoms with van der Waals surface area (Å²) in [6.07, 6.45) is 19.8. The summed E-state index contributed by atoms with van der Waals surface area (Å²) in [7, 11) is -9.22. The van der Waals surface area contributed by atoms with Crippen molar-refractivity contribution in [1.82, 2.24) is 30.2 Å². The van der Waals surface area contributed by atoms with Gasteiger partial charge in [0.2, 0.25) is 0 Å². The van der Waals surface area contributed by atoms with E-state index < -0.39 is 53.7 Å². The Morgan fingerprint density at radius 2 is 0.911 bits per heavy atom. The van der Waals surface area contributed by atoms with Crippen LogP contribution in [0.1, 0.15) is 140 Å². The SMILES string of the molecule is C1CCC(NC2CCCCC2)CC1.CCCCNCCCC.Cc1nn(-c2ccc(S(=O)(=O)[O-])cc2)c([O-])c1N=Nc1ccccc1C(=O)[O-].Cc1nn(-c2ccc(S(=O)(=O)[O-])cc2)c([O-])c1N=Nc1ccccc1C(=O)[O-].[Cr+3].[H+].[H+].[H+]. The maximum Gasteiger partial charge on any atom is 3.00 e. The predicted molar refractivity (Wildman–Crippen MR) is 284 cm³/mol. The first-order valence-electron chi connectivity index (χ1n) is 25.8. The topological polar surface area (TPSA) is 350 Å². The minimum absolute atomic E-state index is 0. The Bertz CT molecular complexity index is 3000. The number of carbonyl (C=O) groups excluding carboxylic acids is 2. The van der Waals surface area contributed by atoms with Gasteiger partial charge in [0.05, 0.1) is 55.9 Å². The minimum Gasteiger partial charge on any atom is -0.857 e. The molecule has 1 radical (unpaired) electrons. The van der Waals surface area contributed by atoms with Gasteiger partial charge in [0.1, 0.15) is 31.6 Å². The fourth-order valence-corrected chi connectivity index (χ4v) is 9.30. The minimum atomic E-state index is -4.61. The van der Waals surface area contributed by atoms with Gasteiger partial charge in [-0.3, -0.25) is 0 Å². The number of nitrogens with one attached hydrogen (secondary N) is 2. The number of hydrogen-bond donors (Lipinski definition) is 2. The maximum atomic E-state index is 12.6. The third kappa shape index (κ3) is 19.9. The molecule has 79 heavy (non-hydrogen) atoms. The van der Waals surface area contributed by atoms with E-state index in [1.54, 1.807) is 12.1 Å². The quantitative estimate of drug-likeness (QED) is 0.0474. The number of nitrogens with zero attached hydrogens (tertiary/aromatic N) is 8. The first kappa shape index (κ1) is 64.8. The summed E-state index contributed by atoms with van der Waals surface area (Å²) in [6.45, 7) is 9.87. The molecule has 6 aromatic rings. The van der Waals surface area contributed by atoms with E-state index in [1.165, 1.54) is 177 Å². The largest absolute Gasteiger partial charge is 3.00 e. The molecule has 0 bridgehead atoms. The van der Waals surface area contributed by atoms with E-state index in [9.17, 15) is 56.0 Å². The van der Waals surface area contributed by atoms with Crippen LogP contribution in [0.15, 0.2) is 127 Å². The third-order valence-corrected chi connectivity index (χ3v) is 14.3. The zero-order valence-electron chi connectivity index (χ0n) is 47.4. The average Bonchev–Trinajstić information content (AvgIpc) is 3.88. The number of aryl methyl sites for hydroxylation is 2. The molecule has 4 aromatic carbocycles. The third-order valence-electron chi connectivity index (χ3n) is 12.6. The summed E-state index contributed by atoms with van der Waals surface area (Å²) in [5.41, 5.74) is 0.311. The van der Waals surface area contributed by atoms with E-state index in [0.29, 0.717) is 0 Å². The first-order chi connectivity index (χ1) is 37.2. The molecule has 25 heteroatoms. The van der Waals surface area contributed by atoms with Gasteiger partial charge in [0.15, 0.2) is 0 Å². The number of hydrogen-bond acceptors (Lipinski definition) is 20. The van der Waals surface area contributed by atoms with E-state index in [2.05, 4.69) is 55.1 Å². The second-order valence-electron chi connectivity index (χ2n) is 18.5. The predicted octanol–water partition coefficient (Wildman–Crippen LogP) is 7.63. The molecule has 2 N–H and O–H groups in total. The van der Waals surface area contributed by atoms with Crippen LogP contribution in [0.25, 0.3) is 11.4 Å². The van der Waals surface area contributed by atoms with Crippen LogP contribution in [0, 0.1) is 13.8 Å². The molecule has 0 amide bonds. The van der Waals surface area contributed by atoms with Crippen molar-refractivity contribution in [2.24, 2.45) is 20.5 Å². The van der Waals surface area contributed by atoms with Crippen molar-refractivity contribution in [2.75, 3.05) is 13.1 Å². The van der Waals surface area contributed by atoms with Gasteiger partial charge in [-0.15, -0.1) is 20.5 Å². The van der Waals surface area contributed by atoms with Crippen molar-refractivity contribution in [3.8, 4) is 23.1 Å². The van der Waals surface area contributed by atoms with Crippen LogP contribution in [0.3, 0.4) is 0 Å². The van der Waals surface area contributed by atoms with Gasteiger partial charge in [0.25, 0.3) is 0 Å². The van der Waals surface area contributed by atoms with Crippen molar-refractivity contribution < 1.29 is 77.6 Å². The molecule has 2 heterocycles. The first-order valence-corrected chi connectivity index (χ1v) is 28.6. The smallest absolute Gasteiger partial charge is 0.857 e. The van der Waals surface area contributed by atoms with Gasteiger partial charge in [0, 0.05) is 35.0 Å². The van der Waals surface area contributed by atoms with Crippen LogP contribution in [0.2, 0.25) is 0 Å². The van der Waals surface area contributed by atoms with Gasteiger partial charge in [-0.25, -0.2) is 26.2 Å². The Kier molecular flexibility index (Phi) is 26.1. The van der Waals surface area contributed by atoms with E-state index in [0.717, 1.165) is 45.7 Å². The molecule has 0 saturated heterocycles. The number of benzene rings is 4. The summed E-state index contributed by atoms with van der Waals surface area (Å²) in [5.74, 6) is -4.16. The number of unbranched alkanes of at least 4 members (excludes halogenated alkanes) is 2. The van der Waals surface area contributed by atoms with Crippen LogP contribution in [0.4, 0.5) is 22.7 Å². The Labute approximate surface area is 476 Å². The number of azo groups is 2. The molecule has 0 aliphatic heterocycles. The summed E-state index contributed by atoms with van der Waals surface area (Å²) < 4.78 is 67.9. The van der Waals surface area contributed by atoms with Crippen LogP contribution < -0.4 is 31.1 Å². The number of aromatic carboxylic acids is 2. The van der Waals surface area contributed by atoms with E-state index in [-0.39, 0.29) is 78.3 Å². The molecule has 0 atom stereocenters. The molecule has 2 saturated carbocycles. The number of carboxylic acid groups (broad SMARTS) is 2. The number of aromatic nitrogens is 4. The van der Waals surface area contributed by atoms with E-state index in [4.69, 9.17) is 0 Å². The van der Waals surface area contributed by atoms with Crippen LogP contribution in [-0.4, -0.2) is 82.6 Å². The molecular formula is C54H67CrN10O12S2. The van der Waals surface area contributed by atoms with Crippen molar-refractivity contribution in [1.29, 1.82) is 0 Å². The van der Waals surface area contributed by atoms with Gasteiger partial charge < -0.3 is 49.8 Å². The maximum absolute atomic E-state index is 12.6. The van der Waals surface area contributed by atoms with Crippen molar-refractivity contribution in [2.45, 2.75) is 139 Å². The average molecular weight is 1160 g/mol. The fourth-order valence-electron chi connectivity index (χ4n) is 8.36. The van der Waals surface area contributed by atoms with Crippen molar-refractivity contribution >= 4 is 54.9 Å². The molecule has 2 aliphatic rings. The number of carbonyl (C=O) groups is 2. The van der Waals surface area contributed by atoms with E-state index >= 15 is 0 Å². The normalized spacial score (nSPS) is 14.1. The van der Waals surface area contributed by atoms with Crippen molar-refractivity contribution in [3.63, 3.8) is 0 Å². The summed E-state index contributed by atoms with van der Waals surface area (Å²) >= 11 is 0. The zero-order valence-corrected chi connectivity index (χ0v) is 47.3. The molecule has 0 unspecified atom stereocenters. The second kappa shape index (κ2) is 31.8. The van der Waals surface area contributed by atoms with E-state index in [1.807, 2.05) is 0 Å². The number of rotatable bonds is 18. The molecule has 2 aromatic heterocycles. The van der Waals surface area contributed by atoms with Gasteiger partial charge in [-0.05, 0) is 126 Å². The molecular weight excluding hydrogens is 1100 g/mol. The molecule has 0 spiro atoms. The molecule has 423 valence electrons. The number of carboxylic acids is 2.